The Labute approximate surface area is 172 Å². The maximum Gasteiger partial charge on any atom is 0.339 e. The van der Waals surface area contributed by atoms with Crippen molar-refractivity contribution in [1.29, 1.82) is 0 Å². The number of amides is 1. The summed E-state index contributed by atoms with van der Waals surface area (Å²) in [6, 6.07) is 6.94. The van der Waals surface area contributed by atoms with E-state index >= 15 is 0 Å². The lowest BCUT2D eigenvalue weighted by molar-refractivity contribution is 0.0699. The van der Waals surface area contributed by atoms with Gasteiger partial charge in [0.1, 0.15) is 11.3 Å². The number of thiophene rings is 1. The predicted molar refractivity (Wildman–Crippen MR) is 104 cm³/mol. The number of carbonyl (C=O) groups excluding carboxylic acids is 1. The van der Waals surface area contributed by atoms with Crippen LogP contribution in [0.15, 0.2) is 35.7 Å². The molecule has 0 fully saturated rings. The van der Waals surface area contributed by atoms with Gasteiger partial charge in [-0.3, -0.25) is 4.79 Å². The maximum absolute atomic E-state index is 14.3. The molecule has 1 heterocycles. The molecule has 3 aromatic rings. The molecule has 156 valence electrons. The first kappa shape index (κ1) is 21.2. The van der Waals surface area contributed by atoms with Crippen LogP contribution in [0.2, 0.25) is 0 Å². The third-order valence-electron chi connectivity index (χ3n) is 4.17. The zero-order valence-corrected chi connectivity index (χ0v) is 16.4. The number of ether oxygens (including phenoxy) is 2. The lowest BCUT2D eigenvalue weighted by atomic mass is 10.1. The van der Waals surface area contributed by atoms with Gasteiger partial charge in [-0.2, -0.15) is 4.39 Å². The molecule has 0 saturated carbocycles. The number of halogens is 3. The van der Waals surface area contributed by atoms with Gasteiger partial charge in [0.2, 0.25) is 5.82 Å². The molecule has 1 aromatic heterocycles. The zero-order valence-electron chi connectivity index (χ0n) is 15.6. The molecule has 2 aromatic carbocycles. The van der Waals surface area contributed by atoms with Crippen molar-refractivity contribution in [3.05, 3.63) is 64.3 Å². The van der Waals surface area contributed by atoms with E-state index in [0.717, 1.165) is 18.4 Å². The van der Waals surface area contributed by atoms with Crippen LogP contribution in [-0.4, -0.2) is 31.2 Å². The second-order valence-electron chi connectivity index (χ2n) is 5.91. The summed E-state index contributed by atoms with van der Waals surface area (Å²) < 4.78 is 51.2. The summed E-state index contributed by atoms with van der Waals surface area (Å²) in [7, 11) is 2.41. The van der Waals surface area contributed by atoms with Gasteiger partial charge in [0.25, 0.3) is 5.91 Å². The predicted octanol–water partition coefficient (Wildman–Crippen LogP) is 4.80. The quantitative estimate of drug-likeness (QED) is 0.541. The molecule has 10 heteroatoms. The molecule has 0 saturated heterocycles. The van der Waals surface area contributed by atoms with Crippen LogP contribution in [0, 0.1) is 17.5 Å². The number of anilines is 1. The van der Waals surface area contributed by atoms with Crippen LogP contribution < -0.4 is 14.8 Å². The Kier molecular flexibility index (Phi) is 5.97. The smallest absolute Gasteiger partial charge is 0.339 e. The van der Waals surface area contributed by atoms with Crippen molar-refractivity contribution in [1.82, 2.24) is 0 Å². The van der Waals surface area contributed by atoms with Gasteiger partial charge in [0.15, 0.2) is 17.4 Å². The summed E-state index contributed by atoms with van der Waals surface area (Å²) >= 11 is 1.04. The van der Waals surface area contributed by atoms with Crippen LogP contribution in [0.4, 0.5) is 18.9 Å². The first-order valence-electron chi connectivity index (χ1n) is 8.30. The summed E-state index contributed by atoms with van der Waals surface area (Å²) in [5, 5.41) is 13.2. The van der Waals surface area contributed by atoms with Gasteiger partial charge in [0, 0.05) is 5.38 Å². The standard InChI is InChI=1S/C20H14F3NO5S/c1-28-10-5-3-9(4-6-10)18-14(20(26)27)13(8-30-18)24-19(25)11-7-12(21)16(23)17(29-2)15(11)22/h3-8H,1-2H3,(H,24,25)(H,26,27). The largest absolute Gasteiger partial charge is 0.497 e. The molecule has 0 aliphatic rings. The fourth-order valence-corrected chi connectivity index (χ4v) is 3.73. The van der Waals surface area contributed by atoms with E-state index < -0.39 is 40.6 Å². The first-order chi connectivity index (χ1) is 14.3. The molecule has 1 amide bonds. The van der Waals surface area contributed by atoms with Crippen molar-refractivity contribution in [3.8, 4) is 21.9 Å². The molecular weight excluding hydrogens is 423 g/mol. The highest BCUT2D eigenvalue weighted by Gasteiger charge is 2.26. The van der Waals surface area contributed by atoms with Crippen LogP contribution >= 0.6 is 11.3 Å². The molecule has 0 atom stereocenters. The van der Waals surface area contributed by atoms with Crippen molar-refractivity contribution >= 4 is 28.9 Å². The summed E-state index contributed by atoms with van der Waals surface area (Å²) in [5.74, 6) is -7.44. The molecule has 0 aliphatic heterocycles. The van der Waals surface area contributed by atoms with Crippen molar-refractivity contribution in [2.75, 3.05) is 19.5 Å². The van der Waals surface area contributed by atoms with Gasteiger partial charge in [-0.25, -0.2) is 13.6 Å². The first-order valence-corrected chi connectivity index (χ1v) is 9.18. The Hall–Kier alpha value is -3.53. The van der Waals surface area contributed by atoms with Crippen LogP contribution in [0.1, 0.15) is 20.7 Å². The molecule has 0 spiro atoms. The van der Waals surface area contributed by atoms with Crippen LogP contribution in [0.25, 0.3) is 10.4 Å². The normalized spacial score (nSPS) is 10.6. The Morgan fingerprint density at radius 2 is 1.70 bits per heavy atom. The minimum atomic E-state index is -1.57. The Balaban J connectivity index is 2.00. The SMILES string of the molecule is COc1ccc(-c2scc(NC(=O)c3cc(F)c(F)c(OC)c3F)c2C(=O)O)cc1. The van der Waals surface area contributed by atoms with Crippen molar-refractivity contribution < 1.29 is 37.3 Å². The molecule has 0 bridgehead atoms. The second-order valence-corrected chi connectivity index (χ2v) is 6.79. The van der Waals surface area contributed by atoms with Crippen LogP contribution in [0.3, 0.4) is 0 Å². The second kappa shape index (κ2) is 8.46. The van der Waals surface area contributed by atoms with E-state index in [1.807, 2.05) is 0 Å². The number of methoxy groups -OCH3 is 2. The summed E-state index contributed by atoms with van der Waals surface area (Å²) in [4.78, 5) is 24.6. The van der Waals surface area contributed by atoms with E-state index in [1.165, 1.54) is 12.5 Å². The number of carboxylic acids is 1. The number of hydrogen-bond donors (Lipinski definition) is 2. The fraction of sp³-hybridized carbons (Fsp3) is 0.100. The third kappa shape index (κ3) is 3.81. The van der Waals surface area contributed by atoms with Crippen LogP contribution in [0.5, 0.6) is 11.5 Å². The topological polar surface area (TPSA) is 84.9 Å². The lowest BCUT2D eigenvalue weighted by Gasteiger charge is -2.10. The highest BCUT2D eigenvalue weighted by molar-refractivity contribution is 7.14. The molecule has 3 rings (SSSR count). The van der Waals surface area contributed by atoms with Gasteiger partial charge in [-0.1, -0.05) is 0 Å². The minimum absolute atomic E-state index is 0.119. The number of benzene rings is 2. The van der Waals surface area contributed by atoms with E-state index in [0.29, 0.717) is 22.3 Å². The van der Waals surface area contributed by atoms with Gasteiger partial charge in [0.05, 0.1) is 30.3 Å². The summed E-state index contributed by atoms with van der Waals surface area (Å²) in [6.07, 6.45) is 0. The van der Waals surface area contributed by atoms with E-state index in [1.54, 1.807) is 24.3 Å². The summed E-state index contributed by atoms with van der Waals surface area (Å²) in [6.45, 7) is 0. The molecule has 2 N–H and O–H groups in total. The number of carboxylic acid groups (broad SMARTS) is 1. The molecule has 0 aliphatic carbocycles. The van der Waals surface area contributed by atoms with E-state index in [-0.39, 0.29) is 11.3 Å². The Bertz CT molecular complexity index is 1130. The van der Waals surface area contributed by atoms with E-state index in [4.69, 9.17) is 4.74 Å². The monoisotopic (exact) mass is 437 g/mol. The van der Waals surface area contributed by atoms with Gasteiger partial charge >= 0.3 is 5.97 Å². The number of hydrogen-bond acceptors (Lipinski definition) is 5. The highest BCUT2D eigenvalue weighted by atomic mass is 32.1. The van der Waals surface area contributed by atoms with Gasteiger partial charge in [-0.15, -0.1) is 11.3 Å². The maximum atomic E-state index is 14.3. The van der Waals surface area contributed by atoms with Crippen molar-refractivity contribution in [2.24, 2.45) is 0 Å². The fourth-order valence-electron chi connectivity index (χ4n) is 2.73. The minimum Gasteiger partial charge on any atom is -0.497 e. The molecule has 6 nitrogen and oxygen atoms in total. The number of rotatable bonds is 6. The summed E-state index contributed by atoms with van der Waals surface area (Å²) in [5.41, 5.74) is -0.626. The zero-order chi connectivity index (χ0) is 22.0. The number of carbonyl (C=O) groups is 2. The average molecular weight is 437 g/mol. The van der Waals surface area contributed by atoms with Gasteiger partial charge in [-0.05, 0) is 35.9 Å². The van der Waals surface area contributed by atoms with Gasteiger partial charge < -0.3 is 19.9 Å². The molecule has 30 heavy (non-hydrogen) atoms. The van der Waals surface area contributed by atoms with Crippen LogP contribution in [-0.2, 0) is 0 Å². The molecule has 0 unspecified atom stereocenters. The lowest BCUT2D eigenvalue weighted by Crippen LogP contribution is -2.17. The van der Waals surface area contributed by atoms with Crippen molar-refractivity contribution in [2.45, 2.75) is 0 Å². The number of nitrogens with one attached hydrogen (secondary N) is 1. The average Bonchev–Trinajstić information content (AvgIpc) is 3.15. The highest BCUT2D eigenvalue weighted by Crippen LogP contribution is 2.37. The number of aromatic carboxylic acids is 1. The Morgan fingerprint density at radius 1 is 1.03 bits per heavy atom. The van der Waals surface area contributed by atoms with Crippen molar-refractivity contribution in [3.63, 3.8) is 0 Å². The van der Waals surface area contributed by atoms with E-state index in [2.05, 4.69) is 10.1 Å². The Morgan fingerprint density at radius 3 is 2.27 bits per heavy atom. The molecular formula is C20H14F3NO5S. The third-order valence-corrected chi connectivity index (χ3v) is 5.20. The molecule has 0 radical (unpaired) electrons. The van der Waals surface area contributed by atoms with E-state index in [9.17, 15) is 27.9 Å².